The third kappa shape index (κ3) is 3.47. The van der Waals surface area contributed by atoms with Crippen molar-refractivity contribution in [3.63, 3.8) is 0 Å². The van der Waals surface area contributed by atoms with Crippen LogP contribution in [0.1, 0.15) is 36.8 Å². The fourth-order valence-corrected chi connectivity index (χ4v) is 5.37. The molecular weight excluding hydrogens is 402 g/mol. The Hall–Kier alpha value is -3.65. The highest BCUT2D eigenvalue weighted by Gasteiger charge is 2.34. The van der Waals surface area contributed by atoms with Crippen LogP contribution in [0.25, 0.3) is 11.3 Å². The molecule has 2 aromatic rings. The van der Waals surface area contributed by atoms with Gasteiger partial charge in [0.1, 0.15) is 25.6 Å². The van der Waals surface area contributed by atoms with E-state index in [-0.39, 0.29) is 0 Å². The Morgan fingerprint density at radius 3 is 2.03 bits per heavy atom. The first-order chi connectivity index (χ1) is 16.2. The Morgan fingerprint density at radius 2 is 1.30 bits per heavy atom. The van der Waals surface area contributed by atoms with Crippen molar-refractivity contribution in [2.24, 2.45) is 0 Å². The Bertz CT molecular complexity index is 1350. The Kier molecular flexibility index (Phi) is 4.87. The molecule has 1 heterocycles. The third-order valence-corrected chi connectivity index (χ3v) is 7.07. The average Bonchev–Trinajstić information content (AvgIpc) is 3.48. The molecule has 0 saturated carbocycles. The van der Waals surface area contributed by atoms with Crippen LogP contribution in [0.3, 0.4) is 0 Å². The first-order valence-electron chi connectivity index (χ1n) is 11.8. The number of fused-ring (bicyclic) bond motifs is 2. The van der Waals surface area contributed by atoms with E-state index in [4.69, 9.17) is 4.74 Å². The number of benzene rings is 2. The molecular formula is C31H28NO+. The maximum atomic E-state index is 6.70. The molecule has 0 radical (unpaired) electrons. The largest absolute Gasteiger partial charge is 0.456 e. The van der Waals surface area contributed by atoms with Gasteiger partial charge in [0.25, 0.3) is 0 Å². The summed E-state index contributed by atoms with van der Waals surface area (Å²) in [7, 11) is 4.22. The van der Waals surface area contributed by atoms with E-state index in [0.717, 1.165) is 42.8 Å². The van der Waals surface area contributed by atoms with Crippen molar-refractivity contribution >= 4 is 17.0 Å². The van der Waals surface area contributed by atoms with Gasteiger partial charge in [-0.3, -0.25) is 0 Å². The van der Waals surface area contributed by atoms with Crippen LogP contribution in [0.5, 0.6) is 0 Å². The minimum atomic E-state index is 0.939. The first kappa shape index (κ1) is 20.0. The number of allylic oxidation sites excluding steroid dienone is 10. The summed E-state index contributed by atoms with van der Waals surface area (Å²) in [5, 5.41) is 0. The second-order valence-electron chi connectivity index (χ2n) is 9.26. The lowest BCUT2D eigenvalue weighted by atomic mass is 9.94. The van der Waals surface area contributed by atoms with Gasteiger partial charge in [-0.1, -0.05) is 60.7 Å². The van der Waals surface area contributed by atoms with Crippen LogP contribution >= 0.6 is 0 Å². The SMILES string of the molecule is C[N+](C)=C1C=CC2=C(C3=C4OC(c5ccccc5)=CC(c5ccccc5)=C4CC3)CCC2=C1. The van der Waals surface area contributed by atoms with Gasteiger partial charge in [0, 0.05) is 23.3 Å². The molecule has 0 amide bonds. The summed E-state index contributed by atoms with van der Waals surface area (Å²) < 4.78 is 8.89. The van der Waals surface area contributed by atoms with E-state index in [1.54, 1.807) is 0 Å². The van der Waals surface area contributed by atoms with E-state index < -0.39 is 0 Å². The van der Waals surface area contributed by atoms with E-state index in [1.807, 2.05) is 0 Å². The Balaban J connectivity index is 1.51. The van der Waals surface area contributed by atoms with E-state index >= 15 is 0 Å². The summed E-state index contributed by atoms with van der Waals surface area (Å²) in [4.78, 5) is 0. The van der Waals surface area contributed by atoms with E-state index in [9.17, 15) is 0 Å². The fraction of sp³-hybridized carbons (Fsp3) is 0.194. The highest BCUT2D eigenvalue weighted by molar-refractivity contribution is 6.03. The maximum absolute atomic E-state index is 6.70. The lowest BCUT2D eigenvalue weighted by molar-refractivity contribution is -0.462. The summed E-state index contributed by atoms with van der Waals surface area (Å²) in [6, 6.07) is 21.2. The van der Waals surface area contributed by atoms with Crippen LogP contribution in [-0.2, 0) is 4.74 Å². The molecule has 2 heteroatoms. The molecule has 0 spiro atoms. The van der Waals surface area contributed by atoms with Gasteiger partial charge in [-0.15, -0.1) is 0 Å². The molecule has 0 atom stereocenters. The quantitative estimate of drug-likeness (QED) is 0.485. The van der Waals surface area contributed by atoms with E-state index in [0.29, 0.717) is 0 Å². The van der Waals surface area contributed by atoms with E-state index in [2.05, 4.69) is 104 Å². The molecule has 0 aromatic heterocycles. The van der Waals surface area contributed by atoms with Gasteiger partial charge in [0.15, 0.2) is 5.71 Å². The topological polar surface area (TPSA) is 12.2 Å². The summed E-state index contributed by atoms with van der Waals surface area (Å²) in [6.45, 7) is 0. The third-order valence-electron chi connectivity index (χ3n) is 7.07. The molecule has 2 aromatic carbocycles. The summed E-state index contributed by atoms with van der Waals surface area (Å²) in [5.41, 5.74) is 12.0. The van der Waals surface area contributed by atoms with Gasteiger partial charge < -0.3 is 4.74 Å². The van der Waals surface area contributed by atoms with Gasteiger partial charge >= 0.3 is 0 Å². The predicted molar refractivity (Wildman–Crippen MR) is 136 cm³/mol. The van der Waals surface area contributed by atoms with Gasteiger partial charge in [-0.25, -0.2) is 4.58 Å². The Morgan fingerprint density at radius 1 is 0.636 bits per heavy atom. The summed E-state index contributed by atoms with van der Waals surface area (Å²) in [5.74, 6) is 2.03. The van der Waals surface area contributed by atoms with Crippen molar-refractivity contribution in [3.8, 4) is 0 Å². The van der Waals surface area contributed by atoms with Crippen LogP contribution in [0.4, 0.5) is 0 Å². The fourth-order valence-electron chi connectivity index (χ4n) is 5.37. The average molecular weight is 431 g/mol. The summed E-state index contributed by atoms with van der Waals surface area (Å²) >= 11 is 0. The van der Waals surface area contributed by atoms with Crippen LogP contribution in [0.2, 0.25) is 0 Å². The van der Waals surface area contributed by atoms with Crippen molar-refractivity contribution in [2.75, 3.05) is 14.1 Å². The molecule has 2 nitrogen and oxygen atoms in total. The minimum absolute atomic E-state index is 0.939. The van der Waals surface area contributed by atoms with Crippen LogP contribution in [0, 0.1) is 0 Å². The van der Waals surface area contributed by atoms with Crippen LogP contribution in [0.15, 0.2) is 119 Å². The molecule has 162 valence electrons. The second-order valence-corrected chi connectivity index (χ2v) is 9.26. The lowest BCUT2D eigenvalue weighted by Crippen LogP contribution is -2.11. The zero-order valence-electron chi connectivity index (χ0n) is 19.3. The maximum Gasteiger partial charge on any atom is 0.199 e. The molecule has 0 fully saturated rings. The molecule has 6 rings (SSSR count). The monoisotopic (exact) mass is 430 g/mol. The van der Waals surface area contributed by atoms with Crippen molar-refractivity contribution in [1.29, 1.82) is 0 Å². The smallest absolute Gasteiger partial charge is 0.199 e. The lowest BCUT2D eigenvalue weighted by Gasteiger charge is -2.23. The molecule has 33 heavy (non-hydrogen) atoms. The standard InChI is InChI=1S/C31H28NO/c1-32(2)24-14-16-25-23(19-24)13-15-26(25)27-17-18-28-29(21-9-5-3-6-10-21)20-30(33-31(27)28)22-11-7-4-8-12-22/h3-12,14,16,19-20H,13,15,17-18H2,1-2H3/q+1. The van der Waals surface area contributed by atoms with Gasteiger partial charge in [-0.05, 0) is 71.3 Å². The van der Waals surface area contributed by atoms with Crippen molar-refractivity contribution in [3.05, 3.63) is 130 Å². The zero-order chi connectivity index (χ0) is 22.4. The second kappa shape index (κ2) is 8.04. The molecule has 0 unspecified atom stereocenters. The van der Waals surface area contributed by atoms with Crippen LogP contribution in [-0.4, -0.2) is 24.4 Å². The molecule has 4 aliphatic rings. The molecule has 0 bridgehead atoms. The van der Waals surface area contributed by atoms with Crippen molar-refractivity contribution < 1.29 is 9.31 Å². The normalized spacial score (nSPS) is 19.4. The molecule has 0 saturated heterocycles. The highest BCUT2D eigenvalue weighted by Crippen LogP contribution is 2.50. The van der Waals surface area contributed by atoms with Gasteiger partial charge in [-0.2, -0.15) is 0 Å². The molecule has 3 aliphatic carbocycles. The highest BCUT2D eigenvalue weighted by atomic mass is 16.5. The van der Waals surface area contributed by atoms with E-state index in [1.165, 1.54) is 44.7 Å². The Labute approximate surface area is 195 Å². The van der Waals surface area contributed by atoms with Crippen LogP contribution < -0.4 is 0 Å². The number of ether oxygens (including phenoxy) is 1. The number of hydrogen-bond donors (Lipinski definition) is 0. The molecule has 1 aliphatic heterocycles. The number of nitrogens with zero attached hydrogens (tertiary/aromatic N) is 1. The van der Waals surface area contributed by atoms with Crippen molar-refractivity contribution in [2.45, 2.75) is 25.7 Å². The summed E-state index contributed by atoms with van der Waals surface area (Å²) in [6.07, 6.45) is 13.4. The number of rotatable bonds is 3. The zero-order valence-corrected chi connectivity index (χ0v) is 19.3. The molecule has 0 N–H and O–H groups in total. The predicted octanol–water partition coefficient (Wildman–Crippen LogP) is 6.86. The minimum Gasteiger partial charge on any atom is -0.456 e. The van der Waals surface area contributed by atoms with Gasteiger partial charge in [0.05, 0.1) is 0 Å². The number of hydrogen-bond acceptors (Lipinski definition) is 1. The van der Waals surface area contributed by atoms with Crippen molar-refractivity contribution in [1.82, 2.24) is 0 Å². The van der Waals surface area contributed by atoms with Gasteiger partial charge in [0.2, 0.25) is 0 Å². The first-order valence-corrected chi connectivity index (χ1v) is 11.8.